The van der Waals surface area contributed by atoms with Gasteiger partial charge in [0, 0.05) is 37.3 Å². The van der Waals surface area contributed by atoms with Gasteiger partial charge >= 0.3 is 0 Å². The molecule has 4 heterocycles. The molecule has 0 radical (unpaired) electrons. The molecule has 7 heteroatoms. The second-order valence-corrected chi connectivity index (χ2v) is 6.69. The van der Waals surface area contributed by atoms with Crippen molar-refractivity contribution in [3.05, 3.63) is 51.3 Å². The number of carbonyl (C=O) groups excluding carboxylic acids is 1. The van der Waals surface area contributed by atoms with E-state index in [1.165, 1.54) is 28.4 Å². The molecule has 1 fully saturated rings. The number of nitro groups is 1. The van der Waals surface area contributed by atoms with E-state index in [4.69, 9.17) is 0 Å². The highest BCUT2D eigenvalue weighted by Gasteiger charge is 2.49. The molecule has 7 nitrogen and oxygen atoms in total. The minimum atomic E-state index is -0.395. The molecule has 1 aromatic rings. The third-order valence-electron chi connectivity index (χ3n) is 5.43. The Bertz CT molecular complexity index is 720. The average molecular weight is 329 g/mol. The van der Waals surface area contributed by atoms with Gasteiger partial charge in [0.05, 0.1) is 23.7 Å². The molecule has 1 unspecified atom stereocenters. The average Bonchev–Trinajstić information content (AvgIpc) is 3.04. The van der Waals surface area contributed by atoms with Crippen molar-refractivity contribution in [1.29, 1.82) is 0 Å². The third kappa shape index (κ3) is 2.19. The number of nitro benzene ring substituents is 1. The molecule has 2 bridgehead atoms. The minimum Gasteiger partial charge on any atom is -0.302 e. The van der Waals surface area contributed by atoms with E-state index >= 15 is 0 Å². The SMILES string of the molecule is CCC(=O)N1NC2=C(C1c1ccc([N+](=O)[O-])cc1)[NH+]1CCC2CC1. The van der Waals surface area contributed by atoms with Crippen LogP contribution in [-0.2, 0) is 4.79 Å². The number of nitrogens with zero attached hydrogens (tertiary/aromatic N) is 2. The lowest BCUT2D eigenvalue weighted by molar-refractivity contribution is -0.875. The standard InChI is InChI=1S/C17H20N4O3/c1-2-14(22)20-16(12-3-5-13(6-4-12)21(23)24)17-15(18-20)11-7-9-19(17)10-8-11/h3-6,11,16,18H,2,7-10H2,1H3/p+1. The number of carbonyl (C=O) groups is 1. The molecule has 0 aliphatic carbocycles. The van der Waals surface area contributed by atoms with Gasteiger partial charge in [0.15, 0.2) is 11.7 Å². The van der Waals surface area contributed by atoms with Gasteiger partial charge in [-0.25, -0.2) is 5.01 Å². The number of quaternary nitrogens is 1. The summed E-state index contributed by atoms with van der Waals surface area (Å²) in [4.78, 5) is 24.4. The zero-order valence-electron chi connectivity index (χ0n) is 13.6. The Balaban J connectivity index is 1.76. The monoisotopic (exact) mass is 329 g/mol. The lowest BCUT2D eigenvalue weighted by Gasteiger charge is -2.36. The molecule has 126 valence electrons. The number of piperidine rings is 1. The number of amides is 1. The van der Waals surface area contributed by atoms with Gasteiger partial charge in [0.2, 0.25) is 5.91 Å². The van der Waals surface area contributed by atoms with Crippen LogP contribution in [0.3, 0.4) is 0 Å². The summed E-state index contributed by atoms with van der Waals surface area (Å²) in [6.07, 6.45) is 2.74. The molecule has 5 rings (SSSR count). The van der Waals surface area contributed by atoms with Crippen LogP contribution < -0.4 is 10.3 Å². The van der Waals surface area contributed by atoms with Gasteiger partial charge < -0.3 is 4.90 Å². The summed E-state index contributed by atoms with van der Waals surface area (Å²) < 4.78 is 0. The molecule has 0 aromatic heterocycles. The Kier molecular flexibility index (Phi) is 3.53. The Morgan fingerprint density at radius 1 is 1.33 bits per heavy atom. The predicted octanol–water partition coefficient (Wildman–Crippen LogP) is 0.913. The summed E-state index contributed by atoms with van der Waals surface area (Å²) >= 11 is 0. The van der Waals surface area contributed by atoms with Crippen molar-refractivity contribution in [2.75, 3.05) is 13.1 Å². The van der Waals surface area contributed by atoms with Crippen LogP contribution in [0.2, 0.25) is 0 Å². The maximum atomic E-state index is 12.5. The summed E-state index contributed by atoms with van der Waals surface area (Å²) in [5.41, 5.74) is 6.83. The van der Waals surface area contributed by atoms with Crippen molar-refractivity contribution in [2.45, 2.75) is 32.2 Å². The quantitative estimate of drug-likeness (QED) is 0.638. The van der Waals surface area contributed by atoms with E-state index in [2.05, 4.69) is 5.43 Å². The number of hydrogen-bond acceptors (Lipinski definition) is 4. The number of non-ortho nitro benzene ring substituents is 1. The first-order valence-corrected chi connectivity index (χ1v) is 8.52. The van der Waals surface area contributed by atoms with E-state index in [1.807, 2.05) is 6.92 Å². The highest BCUT2D eigenvalue weighted by molar-refractivity contribution is 5.77. The maximum Gasteiger partial charge on any atom is 0.269 e. The van der Waals surface area contributed by atoms with E-state index in [-0.39, 0.29) is 17.6 Å². The van der Waals surface area contributed by atoms with E-state index < -0.39 is 4.92 Å². The number of fused-ring (bicyclic) bond motifs is 2. The van der Waals surface area contributed by atoms with Crippen LogP contribution in [0.25, 0.3) is 0 Å². The number of allylic oxidation sites excluding steroid dienone is 1. The number of benzene rings is 1. The number of hydrazine groups is 1. The van der Waals surface area contributed by atoms with Crippen molar-refractivity contribution in [2.24, 2.45) is 5.92 Å². The van der Waals surface area contributed by atoms with Gasteiger partial charge in [0.1, 0.15) is 0 Å². The molecule has 24 heavy (non-hydrogen) atoms. The Morgan fingerprint density at radius 3 is 2.58 bits per heavy atom. The normalized spacial score (nSPS) is 27.9. The summed E-state index contributed by atoms with van der Waals surface area (Å²) in [6, 6.07) is 6.44. The zero-order valence-corrected chi connectivity index (χ0v) is 13.6. The van der Waals surface area contributed by atoms with Gasteiger partial charge in [-0.1, -0.05) is 6.92 Å². The lowest BCUT2D eigenvalue weighted by Crippen LogP contribution is -3.13. The Hall–Kier alpha value is -2.41. The molecule has 0 saturated carbocycles. The van der Waals surface area contributed by atoms with Crippen molar-refractivity contribution in [3.63, 3.8) is 0 Å². The van der Waals surface area contributed by atoms with Crippen molar-refractivity contribution < 1.29 is 14.6 Å². The summed E-state index contributed by atoms with van der Waals surface area (Å²) in [5, 5.41) is 12.6. The van der Waals surface area contributed by atoms with Crippen LogP contribution in [0.5, 0.6) is 0 Å². The van der Waals surface area contributed by atoms with E-state index in [1.54, 1.807) is 17.1 Å². The molecule has 1 amide bonds. The molecule has 2 N–H and O–H groups in total. The van der Waals surface area contributed by atoms with E-state index in [0.29, 0.717) is 12.3 Å². The van der Waals surface area contributed by atoms with Crippen LogP contribution in [0, 0.1) is 16.0 Å². The molecule has 4 aliphatic rings. The first-order valence-electron chi connectivity index (χ1n) is 8.52. The molecule has 1 atom stereocenters. The fourth-order valence-corrected chi connectivity index (χ4v) is 4.22. The first kappa shape index (κ1) is 15.1. The molecule has 4 aliphatic heterocycles. The second kappa shape index (κ2) is 5.59. The van der Waals surface area contributed by atoms with Crippen LogP contribution in [0.15, 0.2) is 35.7 Å². The number of hydrogen-bond donors (Lipinski definition) is 2. The maximum absolute atomic E-state index is 12.5. The number of rotatable bonds is 3. The van der Waals surface area contributed by atoms with Gasteiger partial charge in [-0.05, 0) is 17.7 Å². The molecule has 1 saturated heterocycles. The topological polar surface area (TPSA) is 79.9 Å². The third-order valence-corrected chi connectivity index (χ3v) is 5.43. The molecular formula is C17H21N4O3+. The summed E-state index contributed by atoms with van der Waals surface area (Å²) in [5.74, 6) is 0.556. The molecular weight excluding hydrogens is 308 g/mol. The smallest absolute Gasteiger partial charge is 0.269 e. The predicted molar refractivity (Wildman–Crippen MR) is 86.6 cm³/mol. The second-order valence-electron chi connectivity index (χ2n) is 6.69. The Labute approximate surface area is 140 Å². The van der Waals surface area contributed by atoms with Crippen molar-refractivity contribution >= 4 is 11.6 Å². The van der Waals surface area contributed by atoms with E-state index in [9.17, 15) is 14.9 Å². The summed E-state index contributed by atoms with van der Waals surface area (Å²) in [6.45, 7) is 4.06. The van der Waals surface area contributed by atoms with Crippen molar-refractivity contribution in [3.8, 4) is 0 Å². The van der Waals surface area contributed by atoms with Gasteiger partial charge in [0.25, 0.3) is 5.69 Å². The minimum absolute atomic E-state index is 0.0488. The van der Waals surface area contributed by atoms with Gasteiger partial charge in [-0.2, -0.15) is 0 Å². The highest BCUT2D eigenvalue weighted by Crippen LogP contribution is 2.39. The highest BCUT2D eigenvalue weighted by atomic mass is 16.6. The van der Waals surface area contributed by atoms with Crippen LogP contribution in [0.4, 0.5) is 5.69 Å². The first-order chi connectivity index (χ1) is 11.6. The Morgan fingerprint density at radius 2 is 2.00 bits per heavy atom. The van der Waals surface area contributed by atoms with Crippen LogP contribution >= 0.6 is 0 Å². The van der Waals surface area contributed by atoms with E-state index in [0.717, 1.165) is 31.5 Å². The summed E-state index contributed by atoms with van der Waals surface area (Å²) in [7, 11) is 0. The van der Waals surface area contributed by atoms with Gasteiger partial charge in [-0.15, -0.1) is 0 Å². The van der Waals surface area contributed by atoms with Crippen LogP contribution in [0.1, 0.15) is 37.8 Å². The van der Waals surface area contributed by atoms with Crippen molar-refractivity contribution in [1.82, 2.24) is 10.4 Å². The number of nitrogens with one attached hydrogen (secondary N) is 2. The fourth-order valence-electron chi connectivity index (χ4n) is 4.22. The zero-order chi connectivity index (χ0) is 16.8. The molecule has 1 aromatic carbocycles. The van der Waals surface area contributed by atoms with Crippen LogP contribution in [-0.4, -0.2) is 28.9 Å². The van der Waals surface area contributed by atoms with Gasteiger partial charge in [-0.3, -0.25) is 20.3 Å². The largest absolute Gasteiger partial charge is 0.302 e. The molecule has 0 spiro atoms. The lowest BCUT2D eigenvalue weighted by atomic mass is 9.85. The fraction of sp³-hybridized carbons (Fsp3) is 0.471.